The summed E-state index contributed by atoms with van der Waals surface area (Å²) in [4.78, 5) is 5.24. The Morgan fingerprint density at radius 3 is 1.31 bits per heavy atom. The molecule has 0 fully saturated rings. The van der Waals surface area contributed by atoms with Crippen molar-refractivity contribution in [3.63, 3.8) is 0 Å². The van der Waals surface area contributed by atoms with Crippen LogP contribution in [0.5, 0.6) is 0 Å². The first-order valence-electron chi connectivity index (χ1n) is 19.0. The van der Waals surface area contributed by atoms with Crippen LogP contribution in [-0.2, 0) is 5.21 Å². The summed E-state index contributed by atoms with van der Waals surface area (Å²) in [7, 11) is 11.6. The number of rotatable bonds is 7. The third-order valence-electron chi connectivity index (χ3n) is 11.8. The zero-order valence-corrected chi connectivity index (χ0v) is 31.6. The molecular formula is C47H39B5N2. The summed E-state index contributed by atoms with van der Waals surface area (Å²) in [6.45, 7) is 0. The van der Waals surface area contributed by atoms with Crippen LogP contribution >= 0.6 is 0 Å². The largest absolute Gasteiger partial charge is 0.297 e. The van der Waals surface area contributed by atoms with Crippen molar-refractivity contribution in [3.05, 3.63) is 182 Å². The van der Waals surface area contributed by atoms with Gasteiger partial charge in [0.25, 0.3) is 0 Å². The van der Waals surface area contributed by atoms with E-state index < -0.39 is 0 Å². The summed E-state index contributed by atoms with van der Waals surface area (Å²) in [6, 6.07) is 64.1. The van der Waals surface area contributed by atoms with Crippen LogP contribution in [-0.4, -0.2) is 48.8 Å². The summed E-state index contributed by atoms with van der Waals surface area (Å²) in [6.07, 6.45) is 0. The van der Waals surface area contributed by atoms with E-state index in [4.69, 9.17) is 4.98 Å². The highest BCUT2D eigenvalue weighted by molar-refractivity contribution is 6.67. The SMILES string of the molecule is BC(B)(B)C(B)(B)c1nc2ccccc2n1-c1ccc(-c2c3ccccc3c(-c3cc(-c4ccccc4)cc(-c4ccccc4)c3)c3ccccc23)cc1. The van der Waals surface area contributed by atoms with Gasteiger partial charge in [-0.2, -0.15) is 0 Å². The van der Waals surface area contributed by atoms with Crippen LogP contribution in [0.2, 0.25) is 5.11 Å². The van der Waals surface area contributed by atoms with Crippen molar-refractivity contribution in [2.75, 3.05) is 0 Å². The summed E-state index contributed by atoms with van der Waals surface area (Å²) < 4.78 is 2.37. The summed E-state index contributed by atoms with van der Waals surface area (Å²) >= 11 is 0. The lowest BCUT2D eigenvalue weighted by Gasteiger charge is -2.39. The van der Waals surface area contributed by atoms with E-state index in [1.807, 2.05) is 0 Å². The minimum atomic E-state index is -0.175. The first-order chi connectivity index (χ1) is 26.2. The molecule has 0 aliphatic carbocycles. The van der Waals surface area contributed by atoms with Gasteiger partial charge in [-0.1, -0.05) is 133 Å². The highest BCUT2D eigenvalue weighted by atomic mass is 15.1. The van der Waals surface area contributed by atoms with Crippen LogP contribution in [0, 0.1) is 0 Å². The molecule has 0 bridgehead atoms. The number of fused-ring (bicyclic) bond motifs is 3. The van der Waals surface area contributed by atoms with E-state index in [0.29, 0.717) is 0 Å². The molecule has 0 aliphatic heterocycles. The van der Waals surface area contributed by atoms with Crippen LogP contribution in [0.3, 0.4) is 0 Å². The van der Waals surface area contributed by atoms with Gasteiger partial charge in [0, 0.05) is 5.69 Å². The highest BCUT2D eigenvalue weighted by Gasteiger charge is 2.38. The quantitative estimate of drug-likeness (QED) is 0.126. The fourth-order valence-electron chi connectivity index (χ4n) is 7.94. The summed E-state index contributed by atoms with van der Waals surface area (Å²) in [5, 5.41) is 4.81. The van der Waals surface area contributed by atoms with E-state index >= 15 is 0 Å². The van der Waals surface area contributed by atoms with Gasteiger partial charge in [-0.05, 0) is 114 Å². The Balaban J connectivity index is 1.26. The molecule has 9 aromatic rings. The Hall–Kier alpha value is -5.93. The molecular weight excluding hydrogens is 647 g/mol. The summed E-state index contributed by atoms with van der Waals surface area (Å²) in [5.41, 5.74) is 13.0. The molecule has 0 aliphatic rings. The Morgan fingerprint density at radius 1 is 0.389 bits per heavy atom. The Morgan fingerprint density at radius 2 is 0.815 bits per heavy atom. The molecule has 0 saturated heterocycles. The minimum absolute atomic E-state index is 0.00805. The third kappa shape index (κ3) is 5.71. The average Bonchev–Trinajstić information content (AvgIpc) is 3.61. The van der Waals surface area contributed by atoms with Gasteiger partial charge in [0.1, 0.15) is 21.5 Å². The molecule has 0 spiro atoms. The lowest BCUT2D eigenvalue weighted by atomic mass is 9.23. The fraction of sp³-hybridized carbons (Fsp3) is 0.0426. The maximum atomic E-state index is 5.24. The predicted molar refractivity (Wildman–Crippen MR) is 245 cm³/mol. The lowest BCUT2D eigenvalue weighted by Crippen LogP contribution is -2.45. The van der Waals surface area contributed by atoms with Crippen LogP contribution < -0.4 is 0 Å². The minimum Gasteiger partial charge on any atom is -0.297 e. The normalized spacial score (nSPS) is 12.1. The molecule has 1 heterocycles. The standard InChI is InChI=1S/C47H39B5N2/c48-46(49,47(50,51)52)45-53-41-21-11-12-22-42(41)54(45)36-25-23-32(24-26-36)43-37-17-7-9-19-39(37)44(40-20-10-8-18-38(40)43)35-28-33(30-13-3-1-4-14-30)27-34(29-35)31-15-5-2-6-16-31/h1-29H,48-52H2. The number of hydrogen-bond acceptors (Lipinski definition) is 1. The first-order valence-corrected chi connectivity index (χ1v) is 19.0. The molecule has 2 nitrogen and oxygen atoms in total. The molecule has 0 amide bonds. The topological polar surface area (TPSA) is 17.8 Å². The number of imidazole rings is 1. The van der Waals surface area contributed by atoms with Crippen LogP contribution in [0.1, 0.15) is 5.82 Å². The van der Waals surface area contributed by atoms with Crippen LogP contribution in [0.4, 0.5) is 0 Å². The van der Waals surface area contributed by atoms with Gasteiger partial charge >= 0.3 is 0 Å². The molecule has 7 heteroatoms. The van der Waals surface area contributed by atoms with Crippen LogP contribution in [0.25, 0.3) is 82.8 Å². The van der Waals surface area contributed by atoms with E-state index in [0.717, 1.165) is 22.5 Å². The van der Waals surface area contributed by atoms with Gasteiger partial charge < -0.3 is 0 Å². The fourth-order valence-corrected chi connectivity index (χ4v) is 7.94. The van der Waals surface area contributed by atoms with Gasteiger partial charge in [0.2, 0.25) is 0 Å². The van der Waals surface area contributed by atoms with Gasteiger partial charge in [0.05, 0.1) is 34.6 Å². The van der Waals surface area contributed by atoms with Crippen molar-refractivity contribution in [1.82, 2.24) is 9.55 Å². The van der Waals surface area contributed by atoms with Crippen LogP contribution in [0.15, 0.2) is 176 Å². The van der Waals surface area contributed by atoms with Crippen molar-refractivity contribution in [2.45, 2.75) is 10.3 Å². The third-order valence-corrected chi connectivity index (χ3v) is 11.8. The lowest BCUT2D eigenvalue weighted by molar-refractivity contribution is 0.757. The number of nitrogens with zero attached hydrogens (tertiary/aromatic N) is 2. The van der Waals surface area contributed by atoms with Crippen molar-refractivity contribution in [3.8, 4) is 50.2 Å². The van der Waals surface area contributed by atoms with Crippen molar-refractivity contribution in [2.24, 2.45) is 0 Å². The molecule has 9 rings (SSSR count). The van der Waals surface area contributed by atoms with E-state index in [9.17, 15) is 0 Å². The van der Waals surface area contributed by atoms with E-state index in [-0.39, 0.29) is 10.3 Å². The maximum absolute atomic E-state index is 5.24. The second-order valence-corrected chi connectivity index (χ2v) is 16.1. The molecule has 8 aromatic carbocycles. The summed E-state index contributed by atoms with van der Waals surface area (Å²) in [5.74, 6) is 1.08. The van der Waals surface area contributed by atoms with Crippen molar-refractivity contribution in [1.29, 1.82) is 0 Å². The van der Waals surface area contributed by atoms with Crippen molar-refractivity contribution < 1.29 is 0 Å². The molecule has 0 unspecified atom stereocenters. The molecule has 0 saturated carbocycles. The molecule has 1 aromatic heterocycles. The molecule has 0 N–H and O–H groups in total. The average molecular weight is 686 g/mol. The second kappa shape index (κ2) is 13.2. The van der Waals surface area contributed by atoms with E-state index in [1.165, 1.54) is 66.1 Å². The van der Waals surface area contributed by atoms with Gasteiger partial charge in [-0.3, -0.25) is 4.57 Å². The first kappa shape index (κ1) is 33.9. The molecule has 54 heavy (non-hydrogen) atoms. The Bertz CT molecular complexity index is 2710. The van der Waals surface area contributed by atoms with Gasteiger partial charge in [-0.25, -0.2) is 4.98 Å². The predicted octanol–water partition coefficient (Wildman–Crippen LogP) is 7.39. The smallest absolute Gasteiger partial charge is 0.106 e. The Kier molecular flexibility index (Phi) is 8.27. The Labute approximate surface area is 322 Å². The van der Waals surface area contributed by atoms with Gasteiger partial charge in [0.15, 0.2) is 0 Å². The van der Waals surface area contributed by atoms with Crippen molar-refractivity contribution >= 4 is 71.8 Å². The number of aromatic nitrogens is 2. The highest BCUT2D eigenvalue weighted by Crippen LogP contribution is 2.46. The number of benzene rings is 8. The number of para-hydroxylation sites is 2. The molecule has 0 radical (unpaired) electrons. The van der Waals surface area contributed by atoms with E-state index in [1.54, 1.807) is 0 Å². The second-order valence-electron chi connectivity index (χ2n) is 16.1. The zero-order valence-electron chi connectivity index (χ0n) is 31.6. The monoisotopic (exact) mass is 686 g/mol. The molecule has 0 atom stereocenters. The number of hydrogen-bond donors (Lipinski definition) is 0. The maximum Gasteiger partial charge on any atom is 0.106 e. The zero-order chi connectivity index (χ0) is 37.0. The molecule has 252 valence electrons. The van der Waals surface area contributed by atoms with E-state index in [2.05, 4.69) is 220 Å². The van der Waals surface area contributed by atoms with Gasteiger partial charge in [-0.15, -0.1) is 5.11 Å².